The van der Waals surface area contributed by atoms with Crippen LogP contribution >= 0.6 is 15.6 Å². The van der Waals surface area contributed by atoms with Crippen molar-refractivity contribution in [2.45, 2.75) is 64.4 Å². The number of rotatable bonds is 14. The molecular formula is C17H31N3O10P2. The zero-order valence-corrected chi connectivity index (χ0v) is 19.9. The minimum absolute atomic E-state index is 0.0148. The normalized spacial score (nSPS) is 24.8. The molecule has 2 heterocycles. The van der Waals surface area contributed by atoms with Gasteiger partial charge in [0.15, 0.2) is 0 Å². The Labute approximate surface area is 186 Å². The minimum atomic E-state index is -4.45. The van der Waals surface area contributed by atoms with Gasteiger partial charge in [-0.15, -0.1) is 0 Å². The van der Waals surface area contributed by atoms with Gasteiger partial charge in [-0.3, -0.25) is 22.7 Å². The van der Waals surface area contributed by atoms with E-state index in [4.69, 9.17) is 28.6 Å². The molecule has 0 aromatic carbocycles. The van der Waals surface area contributed by atoms with Crippen molar-refractivity contribution in [3.05, 3.63) is 22.7 Å². The molecule has 0 bridgehead atoms. The van der Waals surface area contributed by atoms with Crippen LogP contribution in [0.2, 0.25) is 0 Å². The summed E-state index contributed by atoms with van der Waals surface area (Å²) >= 11 is 0. The molecule has 1 aliphatic rings. The second kappa shape index (κ2) is 12.4. The molecule has 1 saturated heterocycles. The fourth-order valence-electron chi connectivity index (χ4n) is 2.83. The van der Waals surface area contributed by atoms with Gasteiger partial charge in [-0.2, -0.15) is 4.98 Å². The van der Waals surface area contributed by atoms with E-state index in [1.54, 1.807) is 0 Å². The molecule has 32 heavy (non-hydrogen) atoms. The molecule has 0 spiro atoms. The van der Waals surface area contributed by atoms with Crippen LogP contribution in [-0.2, 0) is 32.0 Å². The molecule has 1 aliphatic heterocycles. The van der Waals surface area contributed by atoms with E-state index in [1.165, 1.54) is 12.3 Å². The second-order valence-corrected chi connectivity index (χ2v) is 10.0. The Morgan fingerprint density at radius 1 is 1.16 bits per heavy atom. The van der Waals surface area contributed by atoms with Gasteiger partial charge in [-0.1, -0.05) is 26.7 Å². The lowest BCUT2D eigenvalue weighted by Crippen LogP contribution is -2.29. The Bertz CT molecular complexity index is 882. The molecule has 15 heteroatoms. The maximum absolute atomic E-state index is 12.3. The Hall–Kier alpha value is -1.14. The molecule has 0 saturated carbocycles. The van der Waals surface area contributed by atoms with Crippen LogP contribution in [0.1, 0.15) is 52.2 Å². The van der Waals surface area contributed by atoms with Crippen LogP contribution in [0.4, 0.5) is 5.82 Å². The highest BCUT2D eigenvalue weighted by Gasteiger charge is 2.43. The van der Waals surface area contributed by atoms with Gasteiger partial charge in [0.05, 0.1) is 19.8 Å². The molecule has 0 radical (unpaired) electrons. The molecule has 13 nitrogen and oxygen atoms in total. The summed E-state index contributed by atoms with van der Waals surface area (Å²) in [4.78, 5) is 35.6. The van der Waals surface area contributed by atoms with Crippen molar-refractivity contribution < 1.29 is 41.7 Å². The van der Waals surface area contributed by atoms with Crippen LogP contribution in [0.25, 0.3) is 0 Å². The highest BCUT2D eigenvalue weighted by atomic mass is 31.2. The van der Waals surface area contributed by atoms with Crippen molar-refractivity contribution in [3.8, 4) is 0 Å². The fraction of sp³-hybridized carbons (Fsp3) is 0.765. The number of unbranched alkanes of at least 4 members (excludes halogenated alkanes) is 2. The lowest BCUT2D eigenvalue weighted by molar-refractivity contribution is -0.0468. The largest absolute Gasteiger partial charge is 0.472 e. The third-order valence-corrected chi connectivity index (χ3v) is 6.55. The third kappa shape index (κ3) is 8.66. The predicted molar refractivity (Wildman–Crippen MR) is 114 cm³/mol. The number of hydrogen-bond donors (Lipinski definition) is 3. The van der Waals surface area contributed by atoms with Crippen molar-refractivity contribution in [2.24, 2.45) is 0 Å². The van der Waals surface area contributed by atoms with Crippen molar-refractivity contribution in [3.63, 3.8) is 0 Å². The van der Waals surface area contributed by atoms with Crippen LogP contribution in [0, 0.1) is 0 Å². The number of hydrogen-bond acceptors (Lipinski definition) is 10. The summed E-state index contributed by atoms with van der Waals surface area (Å²) in [7, 11) is -8.83. The summed E-state index contributed by atoms with van der Waals surface area (Å²) in [6, 6.07) is 1.39. The van der Waals surface area contributed by atoms with Crippen LogP contribution in [0.3, 0.4) is 0 Å². The summed E-state index contributed by atoms with van der Waals surface area (Å²) in [6.45, 7) is 3.34. The average molecular weight is 499 g/mol. The van der Waals surface area contributed by atoms with Crippen LogP contribution in [0.15, 0.2) is 17.1 Å². The first kappa shape index (κ1) is 27.1. The standard InChI is InChI=1S/C17H31N3O10P2/c1-3-5-9-26-31(22,23)28-12-14-13(30-32(24,25)27-10-6-4-2)11-16(29-14)20-8-7-15(18)19-17(20)21/h7-8,13-14,16H,3-6,9-12H2,1-2H3,(H,22,23)(H,24,25)(H2,18,19,21)/t13-,14+,16?/m0/s1. The summed E-state index contributed by atoms with van der Waals surface area (Å²) in [5, 5.41) is 0. The highest BCUT2D eigenvalue weighted by Crippen LogP contribution is 2.49. The van der Waals surface area contributed by atoms with Gasteiger partial charge < -0.3 is 20.3 Å². The lowest BCUT2D eigenvalue weighted by Gasteiger charge is -2.22. The number of nitrogen functional groups attached to an aromatic ring is 1. The summed E-state index contributed by atoms with van der Waals surface area (Å²) in [6.07, 6.45) is 0.845. The zero-order chi connectivity index (χ0) is 23.8. The topological polar surface area (TPSA) is 182 Å². The maximum atomic E-state index is 12.3. The Balaban J connectivity index is 2.12. The molecule has 3 unspecified atom stereocenters. The van der Waals surface area contributed by atoms with Crippen molar-refractivity contribution >= 4 is 21.5 Å². The molecular weight excluding hydrogens is 468 g/mol. The Morgan fingerprint density at radius 3 is 2.38 bits per heavy atom. The van der Waals surface area contributed by atoms with Gasteiger partial charge >= 0.3 is 21.3 Å². The first-order chi connectivity index (χ1) is 15.1. The van der Waals surface area contributed by atoms with E-state index in [9.17, 15) is 23.7 Å². The van der Waals surface area contributed by atoms with Gasteiger partial charge in [0.2, 0.25) is 0 Å². The highest BCUT2D eigenvalue weighted by molar-refractivity contribution is 7.47. The quantitative estimate of drug-likeness (QED) is 0.251. The van der Waals surface area contributed by atoms with Crippen molar-refractivity contribution in [1.82, 2.24) is 9.55 Å². The van der Waals surface area contributed by atoms with E-state index >= 15 is 0 Å². The van der Waals surface area contributed by atoms with Gasteiger partial charge in [-0.05, 0) is 18.9 Å². The molecule has 1 aromatic rings. The van der Waals surface area contributed by atoms with Crippen LogP contribution in [-0.4, -0.2) is 51.4 Å². The monoisotopic (exact) mass is 499 g/mol. The van der Waals surface area contributed by atoms with Crippen LogP contribution < -0.4 is 11.4 Å². The fourth-order valence-corrected chi connectivity index (χ4v) is 4.59. The number of nitrogens with zero attached hydrogens (tertiary/aromatic N) is 2. The number of aromatic nitrogens is 2. The number of phosphoric acid groups is 2. The average Bonchev–Trinajstić information content (AvgIpc) is 3.08. The molecule has 2 rings (SSSR count). The minimum Gasteiger partial charge on any atom is -0.383 e. The van der Waals surface area contributed by atoms with E-state index in [-0.39, 0.29) is 25.5 Å². The predicted octanol–water partition coefficient (Wildman–Crippen LogP) is 2.35. The van der Waals surface area contributed by atoms with Crippen LogP contribution in [0.5, 0.6) is 0 Å². The number of anilines is 1. The van der Waals surface area contributed by atoms with Crippen molar-refractivity contribution in [1.29, 1.82) is 0 Å². The number of phosphoric ester groups is 2. The zero-order valence-electron chi connectivity index (χ0n) is 18.1. The van der Waals surface area contributed by atoms with E-state index in [0.29, 0.717) is 12.8 Å². The SMILES string of the molecule is CCCCOP(=O)(O)OC[C@H]1OC(n2ccc(N)nc2=O)C[C@@H]1OP(=O)(O)OCCCC. The van der Waals surface area contributed by atoms with Gasteiger partial charge in [0, 0.05) is 12.6 Å². The van der Waals surface area contributed by atoms with Crippen molar-refractivity contribution in [2.75, 3.05) is 25.6 Å². The van der Waals surface area contributed by atoms with E-state index in [0.717, 1.165) is 17.4 Å². The molecule has 0 amide bonds. The first-order valence-corrected chi connectivity index (χ1v) is 13.3. The Kier molecular flexibility index (Phi) is 10.5. The number of ether oxygens (including phenoxy) is 1. The van der Waals surface area contributed by atoms with Gasteiger partial charge in [0.1, 0.15) is 24.3 Å². The molecule has 1 aromatic heterocycles. The molecule has 184 valence electrons. The first-order valence-electron chi connectivity index (χ1n) is 10.3. The second-order valence-electron chi connectivity index (χ2n) is 7.16. The maximum Gasteiger partial charge on any atom is 0.472 e. The lowest BCUT2D eigenvalue weighted by atomic mass is 10.2. The number of nitrogens with two attached hydrogens (primary N) is 1. The molecule has 4 N–H and O–H groups in total. The van der Waals surface area contributed by atoms with Gasteiger partial charge in [-0.25, -0.2) is 13.9 Å². The molecule has 5 atom stereocenters. The van der Waals surface area contributed by atoms with E-state index in [2.05, 4.69) is 4.98 Å². The van der Waals surface area contributed by atoms with Gasteiger partial charge in [0.25, 0.3) is 0 Å². The van der Waals surface area contributed by atoms with E-state index < -0.39 is 46.4 Å². The summed E-state index contributed by atoms with van der Waals surface area (Å²) in [5.74, 6) is 0.0200. The third-order valence-electron chi connectivity index (χ3n) is 4.52. The summed E-state index contributed by atoms with van der Waals surface area (Å²) < 4.78 is 51.3. The summed E-state index contributed by atoms with van der Waals surface area (Å²) in [5.41, 5.74) is 4.80. The molecule has 1 fully saturated rings. The molecule has 0 aliphatic carbocycles. The van der Waals surface area contributed by atoms with E-state index in [1.807, 2.05) is 13.8 Å². The Morgan fingerprint density at radius 2 is 1.78 bits per heavy atom. The smallest absolute Gasteiger partial charge is 0.383 e.